The van der Waals surface area contributed by atoms with Crippen LogP contribution < -0.4 is 11.5 Å². The molecule has 0 saturated carbocycles. The van der Waals surface area contributed by atoms with Crippen LogP contribution in [0.5, 0.6) is 0 Å². The molecule has 1 unspecified atom stereocenters. The zero-order valence-electron chi connectivity index (χ0n) is 11.1. The Morgan fingerprint density at radius 3 is 2.80 bits per heavy atom. The number of amides is 1. The topological polar surface area (TPSA) is 119 Å². The normalized spacial score (nSPS) is 20.8. The van der Waals surface area contributed by atoms with Crippen molar-refractivity contribution in [3.05, 3.63) is 16.0 Å². The van der Waals surface area contributed by atoms with E-state index in [-0.39, 0.29) is 13.0 Å². The summed E-state index contributed by atoms with van der Waals surface area (Å²) in [5.41, 5.74) is 11.0. The largest absolute Gasteiger partial charge is 0.465 e. The van der Waals surface area contributed by atoms with Crippen LogP contribution >= 0.6 is 11.3 Å². The highest BCUT2D eigenvalue weighted by Gasteiger charge is 2.45. The third-order valence-electron chi connectivity index (χ3n) is 3.51. The Kier molecular flexibility index (Phi) is 3.68. The van der Waals surface area contributed by atoms with Gasteiger partial charge in [0.05, 0.1) is 23.2 Å². The van der Waals surface area contributed by atoms with Gasteiger partial charge in [0.1, 0.15) is 0 Å². The number of ether oxygens (including phenoxy) is 1. The number of nitriles is 1. The Morgan fingerprint density at radius 1 is 1.55 bits per heavy atom. The van der Waals surface area contributed by atoms with Gasteiger partial charge < -0.3 is 16.2 Å². The van der Waals surface area contributed by atoms with Gasteiger partial charge in [-0.05, 0) is 25.3 Å². The SMILES string of the molecule is CCOC(=O)C1(C#N)CCc2c(sc(N)c2C(N)=O)C1. The van der Waals surface area contributed by atoms with E-state index in [4.69, 9.17) is 16.2 Å². The van der Waals surface area contributed by atoms with Gasteiger partial charge in [-0.25, -0.2) is 0 Å². The number of hydrogen-bond donors (Lipinski definition) is 2. The smallest absolute Gasteiger partial charge is 0.326 e. The summed E-state index contributed by atoms with van der Waals surface area (Å²) in [6.07, 6.45) is 0.958. The van der Waals surface area contributed by atoms with Gasteiger partial charge in [-0.1, -0.05) is 0 Å². The molecule has 0 aliphatic heterocycles. The standard InChI is InChI=1S/C13H15N3O3S/c1-2-19-12(18)13(6-14)4-3-7-8(5-13)20-11(16)9(7)10(15)17/h2-5,16H2,1H3,(H2,15,17). The van der Waals surface area contributed by atoms with E-state index in [1.54, 1.807) is 6.92 Å². The van der Waals surface area contributed by atoms with E-state index in [0.29, 0.717) is 23.4 Å². The monoisotopic (exact) mass is 293 g/mol. The fourth-order valence-corrected chi connectivity index (χ4v) is 3.73. The number of carbonyl (C=O) groups is 2. The first kappa shape index (κ1) is 14.3. The van der Waals surface area contributed by atoms with Gasteiger partial charge in [0.2, 0.25) is 0 Å². The Morgan fingerprint density at radius 2 is 2.25 bits per heavy atom. The van der Waals surface area contributed by atoms with Crippen molar-refractivity contribution in [3.63, 3.8) is 0 Å². The lowest BCUT2D eigenvalue weighted by molar-refractivity contribution is -0.152. The van der Waals surface area contributed by atoms with Crippen molar-refractivity contribution in [1.82, 2.24) is 0 Å². The van der Waals surface area contributed by atoms with Gasteiger partial charge in [0.25, 0.3) is 5.91 Å². The van der Waals surface area contributed by atoms with Gasteiger partial charge in [0.15, 0.2) is 5.41 Å². The minimum absolute atomic E-state index is 0.222. The van der Waals surface area contributed by atoms with Crippen molar-refractivity contribution in [3.8, 4) is 6.07 Å². The average Bonchev–Trinajstić information content (AvgIpc) is 2.73. The number of fused-ring (bicyclic) bond motifs is 1. The summed E-state index contributed by atoms with van der Waals surface area (Å²) in [6, 6.07) is 2.08. The summed E-state index contributed by atoms with van der Waals surface area (Å²) in [5, 5.41) is 9.73. The molecule has 1 aromatic heterocycles. The number of thiophene rings is 1. The van der Waals surface area contributed by atoms with Crippen LogP contribution in [0.25, 0.3) is 0 Å². The lowest BCUT2D eigenvalue weighted by atomic mass is 9.74. The number of nitrogens with zero attached hydrogens (tertiary/aromatic N) is 1. The third-order valence-corrected chi connectivity index (χ3v) is 4.57. The predicted molar refractivity (Wildman–Crippen MR) is 74.0 cm³/mol. The second-order valence-electron chi connectivity index (χ2n) is 4.70. The first-order valence-electron chi connectivity index (χ1n) is 6.23. The molecule has 1 aliphatic carbocycles. The van der Waals surface area contributed by atoms with Crippen molar-refractivity contribution in [2.24, 2.45) is 11.1 Å². The van der Waals surface area contributed by atoms with Crippen LogP contribution in [0.3, 0.4) is 0 Å². The molecule has 4 N–H and O–H groups in total. The summed E-state index contributed by atoms with van der Waals surface area (Å²) >= 11 is 1.22. The van der Waals surface area contributed by atoms with E-state index >= 15 is 0 Å². The summed E-state index contributed by atoms with van der Waals surface area (Å²) in [7, 11) is 0. The number of hydrogen-bond acceptors (Lipinski definition) is 6. The van der Waals surface area contributed by atoms with Crippen molar-refractivity contribution in [2.75, 3.05) is 12.3 Å². The van der Waals surface area contributed by atoms with Crippen LogP contribution in [-0.4, -0.2) is 18.5 Å². The number of nitrogen functional groups attached to an aromatic ring is 1. The van der Waals surface area contributed by atoms with Gasteiger partial charge in [-0.2, -0.15) is 5.26 Å². The molecule has 1 amide bonds. The van der Waals surface area contributed by atoms with E-state index in [2.05, 4.69) is 6.07 Å². The lowest BCUT2D eigenvalue weighted by Gasteiger charge is -2.28. The number of anilines is 1. The molecule has 1 aromatic rings. The van der Waals surface area contributed by atoms with Crippen LogP contribution in [0.4, 0.5) is 5.00 Å². The summed E-state index contributed by atoms with van der Waals surface area (Å²) < 4.78 is 5.00. The fraction of sp³-hybridized carbons (Fsp3) is 0.462. The third kappa shape index (κ3) is 2.12. The molecule has 7 heteroatoms. The van der Waals surface area contributed by atoms with Crippen molar-refractivity contribution >= 4 is 28.2 Å². The zero-order valence-corrected chi connectivity index (χ0v) is 11.9. The van der Waals surface area contributed by atoms with Crippen LogP contribution in [0.2, 0.25) is 0 Å². The molecule has 20 heavy (non-hydrogen) atoms. The van der Waals surface area contributed by atoms with Gasteiger partial charge >= 0.3 is 5.97 Å². The number of rotatable bonds is 3. The molecule has 2 rings (SSSR count). The van der Waals surface area contributed by atoms with E-state index in [1.807, 2.05) is 0 Å². The first-order chi connectivity index (χ1) is 9.45. The molecule has 1 heterocycles. The molecule has 106 valence electrons. The molecule has 0 radical (unpaired) electrons. The number of nitrogens with two attached hydrogens (primary N) is 2. The molecule has 0 spiro atoms. The average molecular weight is 293 g/mol. The summed E-state index contributed by atoms with van der Waals surface area (Å²) in [6.45, 7) is 1.93. The predicted octanol–water partition coefficient (Wildman–Crippen LogP) is 0.991. The van der Waals surface area contributed by atoms with E-state index in [0.717, 1.165) is 10.4 Å². The minimum Gasteiger partial charge on any atom is -0.465 e. The molecule has 1 atom stereocenters. The molecular formula is C13H15N3O3S. The van der Waals surface area contributed by atoms with Crippen LogP contribution in [0, 0.1) is 16.7 Å². The maximum Gasteiger partial charge on any atom is 0.326 e. The maximum absolute atomic E-state index is 12.0. The first-order valence-corrected chi connectivity index (χ1v) is 7.05. The molecule has 6 nitrogen and oxygen atoms in total. The lowest BCUT2D eigenvalue weighted by Crippen LogP contribution is -2.37. The van der Waals surface area contributed by atoms with Crippen molar-refractivity contribution < 1.29 is 14.3 Å². The summed E-state index contributed by atoms with van der Waals surface area (Å²) in [5.74, 6) is -1.08. The van der Waals surface area contributed by atoms with Crippen LogP contribution in [0.15, 0.2) is 0 Å². The van der Waals surface area contributed by atoms with Gasteiger partial charge in [0, 0.05) is 11.3 Å². The second-order valence-corrected chi connectivity index (χ2v) is 5.84. The fourth-order valence-electron chi connectivity index (χ4n) is 2.50. The van der Waals surface area contributed by atoms with Crippen LogP contribution in [0.1, 0.15) is 34.1 Å². The van der Waals surface area contributed by atoms with E-state index in [9.17, 15) is 14.9 Å². The molecule has 1 aliphatic rings. The van der Waals surface area contributed by atoms with Crippen molar-refractivity contribution in [1.29, 1.82) is 5.26 Å². The molecule has 0 aromatic carbocycles. The second kappa shape index (κ2) is 5.13. The Bertz CT molecular complexity index is 617. The molecule has 0 bridgehead atoms. The quantitative estimate of drug-likeness (QED) is 0.805. The van der Waals surface area contributed by atoms with Gasteiger partial charge in [-0.3, -0.25) is 9.59 Å². The van der Waals surface area contributed by atoms with Crippen LogP contribution in [-0.2, 0) is 22.4 Å². The van der Waals surface area contributed by atoms with E-state index in [1.165, 1.54) is 11.3 Å². The Balaban J connectivity index is 2.41. The van der Waals surface area contributed by atoms with Crippen molar-refractivity contribution in [2.45, 2.75) is 26.2 Å². The Labute approximate surface area is 120 Å². The van der Waals surface area contributed by atoms with Gasteiger partial charge in [-0.15, -0.1) is 11.3 Å². The number of esters is 1. The molecular weight excluding hydrogens is 278 g/mol. The molecule has 0 saturated heterocycles. The summed E-state index contributed by atoms with van der Waals surface area (Å²) in [4.78, 5) is 24.2. The number of primary amides is 1. The van der Waals surface area contributed by atoms with E-state index < -0.39 is 17.3 Å². The minimum atomic E-state index is -1.19. The highest BCUT2D eigenvalue weighted by Crippen LogP contribution is 2.43. The Hall–Kier alpha value is -2.07. The number of carbonyl (C=O) groups excluding carboxylic acids is 2. The zero-order chi connectivity index (χ0) is 14.9. The highest BCUT2D eigenvalue weighted by atomic mass is 32.1. The highest BCUT2D eigenvalue weighted by molar-refractivity contribution is 7.16. The maximum atomic E-state index is 12.0. The molecule has 0 fully saturated rings.